The van der Waals surface area contributed by atoms with Gasteiger partial charge in [0.05, 0.1) is 5.60 Å². The topological polar surface area (TPSA) is 54.4 Å². The van der Waals surface area contributed by atoms with Gasteiger partial charge in [-0.05, 0) is 75.4 Å². The van der Waals surface area contributed by atoms with Crippen LogP contribution in [0.15, 0.2) is 23.3 Å². The highest BCUT2D eigenvalue weighted by Crippen LogP contribution is 2.48. The molecule has 2 unspecified atom stereocenters. The van der Waals surface area contributed by atoms with E-state index < -0.39 is 5.60 Å². The highest BCUT2D eigenvalue weighted by molar-refractivity contribution is 5.81. The molecule has 3 nitrogen and oxygen atoms in total. The van der Waals surface area contributed by atoms with Crippen molar-refractivity contribution in [2.24, 2.45) is 11.3 Å². The minimum atomic E-state index is -0.570. The van der Waals surface area contributed by atoms with E-state index in [1.807, 2.05) is 6.92 Å². The zero-order valence-electron chi connectivity index (χ0n) is 15.1. The van der Waals surface area contributed by atoms with Gasteiger partial charge in [-0.3, -0.25) is 9.59 Å². The van der Waals surface area contributed by atoms with Crippen LogP contribution in [0.25, 0.3) is 0 Å². The molecule has 0 heterocycles. The molecule has 1 aliphatic carbocycles. The maximum absolute atomic E-state index is 10.8. The first-order chi connectivity index (χ1) is 10.7. The molecule has 23 heavy (non-hydrogen) atoms. The van der Waals surface area contributed by atoms with Crippen molar-refractivity contribution in [3.63, 3.8) is 0 Å². The first kappa shape index (κ1) is 19.8. The Morgan fingerprint density at radius 3 is 2.43 bits per heavy atom. The molecule has 1 N–H and O–H groups in total. The summed E-state index contributed by atoms with van der Waals surface area (Å²) in [6.07, 6.45) is 11.4. The minimum Gasteiger partial charge on any atom is -0.390 e. The highest BCUT2D eigenvalue weighted by Gasteiger charge is 2.44. The molecule has 0 aliphatic heterocycles. The van der Waals surface area contributed by atoms with E-state index in [9.17, 15) is 14.7 Å². The lowest BCUT2D eigenvalue weighted by Gasteiger charge is -2.48. The first-order valence-corrected chi connectivity index (χ1v) is 8.70. The van der Waals surface area contributed by atoms with Gasteiger partial charge in [0.15, 0.2) is 0 Å². The monoisotopic (exact) mass is 320 g/mol. The van der Waals surface area contributed by atoms with E-state index in [4.69, 9.17) is 0 Å². The van der Waals surface area contributed by atoms with Crippen LogP contribution in [-0.4, -0.2) is 23.3 Å². The van der Waals surface area contributed by atoms with Crippen molar-refractivity contribution in [1.82, 2.24) is 0 Å². The SMILES string of the molecule is CC(=CCCC(C=O)=CC=O)CCC1C(C)(C)CCCC1(C)O. The fourth-order valence-electron chi connectivity index (χ4n) is 4.02. The quantitative estimate of drug-likeness (QED) is 0.410. The summed E-state index contributed by atoms with van der Waals surface area (Å²) in [7, 11) is 0. The zero-order chi connectivity index (χ0) is 17.5. The van der Waals surface area contributed by atoms with Gasteiger partial charge in [-0.2, -0.15) is 0 Å². The molecule has 0 amide bonds. The Kier molecular flexibility index (Phi) is 7.40. The molecule has 130 valence electrons. The van der Waals surface area contributed by atoms with Crippen molar-refractivity contribution < 1.29 is 14.7 Å². The number of allylic oxidation sites excluding steroid dienone is 4. The van der Waals surface area contributed by atoms with Gasteiger partial charge in [0.2, 0.25) is 0 Å². The molecule has 3 heteroatoms. The minimum absolute atomic E-state index is 0.180. The van der Waals surface area contributed by atoms with Crippen molar-refractivity contribution in [1.29, 1.82) is 0 Å². The Morgan fingerprint density at radius 2 is 1.87 bits per heavy atom. The maximum Gasteiger partial charge on any atom is 0.146 e. The Balaban J connectivity index is 2.55. The summed E-state index contributed by atoms with van der Waals surface area (Å²) >= 11 is 0. The second-order valence-electron chi connectivity index (χ2n) is 7.88. The lowest BCUT2D eigenvalue weighted by atomic mass is 9.60. The van der Waals surface area contributed by atoms with Crippen LogP contribution < -0.4 is 0 Å². The molecule has 0 bridgehead atoms. The Hall–Kier alpha value is -1.22. The average molecular weight is 320 g/mol. The van der Waals surface area contributed by atoms with Gasteiger partial charge in [0.25, 0.3) is 0 Å². The van der Waals surface area contributed by atoms with Gasteiger partial charge in [-0.1, -0.05) is 31.9 Å². The smallest absolute Gasteiger partial charge is 0.146 e. The van der Waals surface area contributed by atoms with Crippen LogP contribution in [0.5, 0.6) is 0 Å². The van der Waals surface area contributed by atoms with E-state index in [0.717, 1.165) is 38.4 Å². The van der Waals surface area contributed by atoms with Crippen LogP contribution in [0.3, 0.4) is 0 Å². The second-order valence-corrected chi connectivity index (χ2v) is 7.88. The predicted molar refractivity (Wildman–Crippen MR) is 94.2 cm³/mol. The number of hydrogen-bond acceptors (Lipinski definition) is 3. The van der Waals surface area contributed by atoms with Gasteiger partial charge < -0.3 is 5.11 Å². The summed E-state index contributed by atoms with van der Waals surface area (Å²) in [5.74, 6) is 0.313. The van der Waals surface area contributed by atoms with E-state index in [2.05, 4.69) is 26.8 Å². The van der Waals surface area contributed by atoms with Gasteiger partial charge in [0.1, 0.15) is 12.6 Å². The third-order valence-electron chi connectivity index (χ3n) is 5.38. The summed E-state index contributed by atoms with van der Waals surface area (Å²) in [5.41, 5.74) is 1.44. The van der Waals surface area contributed by atoms with E-state index >= 15 is 0 Å². The molecular weight excluding hydrogens is 288 g/mol. The summed E-state index contributed by atoms with van der Waals surface area (Å²) in [5, 5.41) is 10.7. The summed E-state index contributed by atoms with van der Waals surface area (Å²) < 4.78 is 0. The maximum atomic E-state index is 10.8. The van der Waals surface area contributed by atoms with Crippen molar-refractivity contribution in [3.05, 3.63) is 23.3 Å². The van der Waals surface area contributed by atoms with Crippen molar-refractivity contribution >= 4 is 12.6 Å². The fraction of sp³-hybridized carbons (Fsp3) is 0.700. The Morgan fingerprint density at radius 1 is 1.17 bits per heavy atom. The lowest BCUT2D eigenvalue weighted by molar-refractivity contribution is -0.106. The fourth-order valence-corrected chi connectivity index (χ4v) is 4.02. The summed E-state index contributed by atoms with van der Waals surface area (Å²) in [6, 6.07) is 0. The summed E-state index contributed by atoms with van der Waals surface area (Å²) in [4.78, 5) is 21.2. The molecule has 0 aromatic heterocycles. The number of rotatable bonds is 8. The summed E-state index contributed by atoms with van der Waals surface area (Å²) in [6.45, 7) is 8.63. The molecule has 1 saturated carbocycles. The van der Waals surface area contributed by atoms with E-state index in [1.54, 1.807) is 0 Å². The normalized spacial score (nSPS) is 28.5. The van der Waals surface area contributed by atoms with E-state index in [1.165, 1.54) is 18.1 Å². The molecule has 1 aliphatic rings. The number of carbonyl (C=O) groups excluding carboxylic acids is 2. The van der Waals surface area contributed by atoms with Gasteiger partial charge in [-0.15, -0.1) is 0 Å². The van der Waals surface area contributed by atoms with Gasteiger partial charge >= 0.3 is 0 Å². The molecule has 1 rings (SSSR count). The number of carbonyl (C=O) groups is 2. The van der Waals surface area contributed by atoms with Crippen LogP contribution in [0.1, 0.15) is 72.6 Å². The zero-order valence-corrected chi connectivity index (χ0v) is 15.1. The Bertz CT molecular complexity index is 453. The average Bonchev–Trinajstić information content (AvgIpc) is 2.44. The molecule has 0 saturated heterocycles. The van der Waals surface area contributed by atoms with Gasteiger partial charge in [0, 0.05) is 0 Å². The standard InChI is InChI=1S/C20H32O3/c1-16(7-5-8-17(15-22)11-14-21)9-10-18-19(2,3)12-6-13-20(18,4)23/h7,11,14-15,18,23H,5-6,8-10,12-13H2,1-4H3. The van der Waals surface area contributed by atoms with Crippen molar-refractivity contribution in [2.75, 3.05) is 0 Å². The number of hydrogen-bond donors (Lipinski definition) is 1. The molecule has 0 spiro atoms. The molecule has 2 atom stereocenters. The Labute approximate surface area is 140 Å². The second kappa shape index (κ2) is 8.58. The molecule has 0 radical (unpaired) electrons. The predicted octanol–water partition coefficient (Wildman–Crippen LogP) is 4.39. The molecular formula is C20H32O3. The van der Waals surface area contributed by atoms with Crippen LogP contribution in [0, 0.1) is 11.3 Å². The molecule has 0 aromatic rings. The van der Waals surface area contributed by atoms with E-state index in [0.29, 0.717) is 24.2 Å². The molecule has 1 fully saturated rings. The third-order valence-corrected chi connectivity index (χ3v) is 5.38. The van der Waals surface area contributed by atoms with E-state index in [-0.39, 0.29) is 5.41 Å². The van der Waals surface area contributed by atoms with Crippen molar-refractivity contribution in [3.8, 4) is 0 Å². The van der Waals surface area contributed by atoms with Crippen LogP contribution in [0.4, 0.5) is 0 Å². The number of aliphatic hydroxyl groups is 1. The highest BCUT2D eigenvalue weighted by atomic mass is 16.3. The molecule has 0 aromatic carbocycles. The van der Waals surface area contributed by atoms with Crippen LogP contribution in [-0.2, 0) is 9.59 Å². The lowest BCUT2D eigenvalue weighted by Crippen LogP contribution is -2.46. The van der Waals surface area contributed by atoms with Crippen LogP contribution in [0.2, 0.25) is 0 Å². The largest absolute Gasteiger partial charge is 0.390 e. The van der Waals surface area contributed by atoms with Crippen LogP contribution >= 0.6 is 0 Å². The first-order valence-electron chi connectivity index (χ1n) is 8.70. The van der Waals surface area contributed by atoms with Crippen molar-refractivity contribution in [2.45, 2.75) is 78.2 Å². The van der Waals surface area contributed by atoms with Gasteiger partial charge in [-0.25, -0.2) is 0 Å². The third kappa shape index (κ3) is 6.06. The number of aldehydes is 2.